The second-order valence-corrected chi connectivity index (χ2v) is 7.36. The summed E-state index contributed by atoms with van der Waals surface area (Å²) in [6, 6.07) is 9.06. The van der Waals surface area contributed by atoms with Crippen LogP contribution in [0.5, 0.6) is 0 Å². The molecule has 0 saturated carbocycles. The number of rotatable bonds is 9. The van der Waals surface area contributed by atoms with Gasteiger partial charge >= 0.3 is 0 Å². The van der Waals surface area contributed by atoms with Crippen molar-refractivity contribution in [3.63, 3.8) is 0 Å². The molecule has 3 heterocycles. The molecule has 1 amide bonds. The van der Waals surface area contributed by atoms with Gasteiger partial charge in [-0.1, -0.05) is 11.8 Å². The van der Waals surface area contributed by atoms with Crippen molar-refractivity contribution >= 4 is 23.5 Å². The van der Waals surface area contributed by atoms with Crippen LogP contribution in [0.3, 0.4) is 0 Å². The van der Waals surface area contributed by atoms with Gasteiger partial charge in [-0.3, -0.25) is 9.78 Å². The van der Waals surface area contributed by atoms with Crippen LogP contribution >= 0.6 is 11.8 Å². The SMILES string of the molecule is COCc1cc(N(C)C)nc(SCc2ccc(C(=O)NCc3ccncc3)o2)n1. The molecule has 1 N–H and O–H groups in total. The zero-order chi connectivity index (χ0) is 20.6. The third-order valence-corrected chi connectivity index (χ3v) is 4.80. The number of carbonyl (C=O) groups excluding carboxylic acids is 1. The molecule has 8 nitrogen and oxygen atoms in total. The van der Waals surface area contributed by atoms with Crippen molar-refractivity contribution in [2.75, 3.05) is 26.1 Å². The monoisotopic (exact) mass is 413 g/mol. The minimum atomic E-state index is -0.258. The Balaban J connectivity index is 1.59. The van der Waals surface area contributed by atoms with Gasteiger partial charge in [0, 0.05) is 46.2 Å². The molecule has 0 bridgehead atoms. The fourth-order valence-electron chi connectivity index (χ4n) is 2.46. The van der Waals surface area contributed by atoms with E-state index in [2.05, 4.69) is 20.3 Å². The number of aromatic nitrogens is 3. The number of furan rings is 1. The zero-order valence-electron chi connectivity index (χ0n) is 16.6. The maximum atomic E-state index is 12.3. The molecule has 3 aromatic rings. The van der Waals surface area contributed by atoms with E-state index in [-0.39, 0.29) is 11.7 Å². The third kappa shape index (κ3) is 6.03. The molecule has 9 heteroatoms. The van der Waals surface area contributed by atoms with Gasteiger partial charge in [0.2, 0.25) is 0 Å². The van der Waals surface area contributed by atoms with Crippen molar-refractivity contribution < 1.29 is 13.9 Å². The van der Waals surface area contributed by atoms with Gasteiger partial charge in [-0.15, -0.1) is 0 Å². The Morgan fingerprint density at radius 1 is 1.21 bits per heavy atom. The lowest BCUT2D eigenvalue weighted by Gasteiger charge is -2.13. The van der Waals surface area contributed by atoms with Gasteiger partial charge in [0.15, 0.2) is 10.9 Å². The maximum Gasteiger partial charge on any atom is 0.287 e. The molecule has 0 aliphatic rings. The largest absolute Gasteiger partial charge is 0.455 e. The number of anilines is 1. The summed E-state index contributed by atoms with van der Waals surface area (Å²) in [5.74, 6) is 2.02. The summed E-state index contributed by atoms with van der Waals surface area (Å²) in [7, 11) is 5.49. The van der Waals surface area contributed by atoms with Gasteiger partial charge in [0.1, 0.15) is 11.6 Å². The molecule has 0 unspecified atom stereocenters. The Bertz CT molecular complexity index is 946. The quantitative estimate of drug-likeness (QED) is 0.423. The lowest BCUT2D eigenvalue weighted by Crippen LogP contribution is -2.22. The number of amides is 1. The summed E-state index contributed by atoms with van der Waals surface area (Å²) in [5.41, 5.74) is 1.78. The maximum absolute atomic E-state index is 12.3. The summed E-state index contributed by atoms with van der Waals surface area (Å²) < 4.78 is 10.9. The van der Waals surface area contributed by atoms with Crippen molar-refractivity contribution in [2.45, 2.75) is 24.1 Å². The first kappa shape index (κ1) is 20.8. The first-order valence-corrected chi connectivity index (χ1v) is 9.96. The molecule has 0 aliphatic heterocycles. The van der Waals surface area contributed by atoms with E-state index in [4.69, 9.17) is 9.15 Å². The van der Waals surface area contributed by atoms with E-state index >= 15 is 0 Å². The fraction of sp³-hybridized carbons (Fsp3) is 0.300. The Labute approximate surface area is 173 Å². The van der Waals surface area contributed by atoms with Gasteiger partial charge in [-0.05, 0) is 29.8 Å². The molecule has 0 aliphatic carbocycles. The summed E-state index contributed by atoms with van der Waals surface area (Å²) in [6.07, 6.45) is 3.38. The number of ether oxygens (including phenoxy) is 1. The zero-order valence-corrected chi connectivity index (χ0v) is 17.4. The van der Waals surface area contributed by atoms with Gasteiger partial charge in [-0.25, -0.2) is 9.97 Å². The Hall–Kier alpha value is -2.91. The van der Waals surface area contributed by atoms with Crippen LogP contribution in [0.2, 0.25) is 0 Å². The molecule has 0 spiro atoms. The van der Waals surface area contributed by atoms with Gasteiger partial charge in [0.25, 0.3) is 5.91 Å². The second kappa shape index (κ2) is 10.0. The second-order valence-electron chi connectivity index (χ2n) is 6.42. The molecule has 0 aromatic carbocycles. The van der Waals surface area contributed by atoms with Gasteiger partial charge < -0.3 is 19.4 Å². The Kier molecular flexibility index (Phi) is 7.20. The van der Waals surface area contributed by atoms with E-state index in [1.807, 2.05) is 37.2 Å². The van der Waals surface area contributed by atoms with Crippen LogP contribution in [0.4, 0.5) is 5.82 Å². The molecule has 3 rings (SSSR count). The number of nitrogens with zero attached hydrogens (tertiary/aromatic N) is 4. The number of pyridine rings is 1. The number of hydrogen-bond acceptors (Lipinski definition) is 8. The lowest BCUT2D eigenvalue weighted by molar-refractivity contribution is 0.0921. The van der Waals surface area contributed by atoms with Crippen LogP contribution in [0.25, 0.3) is 0 Å². The molecule has 0 atom stereocenters. The van der Waals surface area contributed by atoms with E-state index in [0.717, 1.165) is 17.1 Å². The molecule has 3 aromatic heterocycles. The van der Waals surface area contributed by atoms with Crippen LogP contribution in [0, 0.1) is 0 Å². The highest BCUT2D eigenvalue weighted by Crippen LogP contribution is 2.23. The minimum absolute atomic E-state index is 0.258. The van der Waals surface area contributed by atoms with E-state index in [0.29, 0.717) is 29.8 Å². The normalized spacial score (nSPS) is 10.7. The smallest absolute Gasteiger partial charge is 0.287 e. The van der Waals surface area contributed by atoms with Crippen LogP contribution in [0.1, 0.15) is 27.6 Å². The standard InChI is InChI=1S/C20H23N5O3S/c1-25(2)18-10-15(12-27-3)23-20(24-18)29-13-16-4-5-17(28-16)19(26)22-11-14-6-8-21-9-7-14/h4-10H,11-13H2,1-3H3,(H,22,26). The van der Waals surface area contributed by atoms with Crippen LogP contribution in [-0.4, -0.2) is 42.1 Å². The predicted molar refractivity (Wildman–Crippen MR) is 111 cm³/mol. The van der Waals surface area contributed by atoms with Crippen molar-refractivity contribution in [1.29, 1.82) is 0 Å². The molecule has 29 heavy (non-hydrogen) atoms. The van der Waals surface area contributed by atoms with Crippen LogP contribution in [0.15, 0.2) is 52.3 Å². The molecule has 0 radical (unpaired) electrons. The molecule has 0 fully saturated rings. The van der Waals surface area contributed by atoms with Crippen molar-refractivity contribution in [1.82, 2.24) is 20.3 Å². The fourth-order valence-corrected chi connectivity index (χ4v) is 3.22. The molecule has 0 saturated heterocycles. The number of thioether (sulfide) groups is 1. The Morgan fingerprint density at radius 2 is 2.00 bits per heavy atom. The molecular formula is C20H23N5O3S. The topological polar surface area (TPSA) is 93.4 Å². The van der Waals surface area contributed by atoms with Crippen LogP contribution in [-0.2, 0) is 23.6 Å². The molecular weight excluding hydrogens is 390 g/mol. The molecule has 152 valence electrons. The van der Waals surface area contributed by atoms with E-state index in [1.165, 1.54) is 11.8 Å². The van der Waals surface area contributed by atoms with E-state index in [1.54, 1.807) is 31.6 Å². The Morgan fingerprint density at radius 3 is 2.72 bits per heavy atom. The van der Waals surface area contributed by atoms with Crippen molar-refractivity contribution in [3.8, 4) is 0 Å². The predicted octanol–water partition coefficient (Wildman–Crippen LogP) is 2.90. The van der Waals surface area contributed by atoms with Crippen molar-refractivity contribution in [3.05, 3.63) is 65.5 Å². The van der Waals surface area contributed by atoms with Gasteiger partial charge in [0.05, 0.1) is 18.1 Å². The van der Waals surface area contributed by atoms with Crippen molar-refractivity contribution in [2.24, 2.45) is 0 Å². The minimum Gasteiger partial charge on any atom is -0.455 e. The summed E-state index contributed by atoms with van der Waals surface area (Å²) in [5, 5.41) is 3.46. The van der Waals surface area contributed by atoms with Gasteiger partial charge in [-0.2, -0.15) is 0 Å². The highest BCUT2D eigenvalue weighted by molar-refractivity contribution is 7.98. The van der Waals surface area contributed by atoms with Crippen LogP contribution < -0.4 is 10.2 Å². The number of hydrogen-bond donors (Lipinski definition) is 1. The third-order valence-electron chi connectivity index (χ3n) is 3.93. The van der Waals surface area contributed by atoms with E-state index in [9.17, 15) is 4.79 Å². The first-order valence-electron chi connectivity index (χ1n) is 8.98. The summed E-state index contributed by atoms with van der Waals surface area (Å²) >= 11 is 1.44. The average Bonchev–Trinajstić information content (AvgIpc) is 3.20. The van der Waals surface area contributed by atoms with E-state index < -0.39 is 0 Å². The number of methoxy groups -OCH3 is 1. The number of carbonyl (C=O) groups is 1. The average molecular weight is 414 g/mol. The summed E-state index contributed by atoms with van der Waals surface area (Å²) in [6.45, 7) is 0.832. The first-order chi connectivity index (χ1) is 14.0. The lowest BCUT2D eigenvalue weighted by atomic mass is 10.2. The number of nitrogens with one attached hydrogen (secondary N) is 1. The highest BCUT2D eigenvalue weighted by Gasteiger charge is 2.13. The summed E-state index contributed by atoms with van der Waals surface area (Å²) in [4.78, 5) is 27.2. The highest BCUT2D eigenvalue weighted by atomic mass is 32.2.